The molecule has 0 radical (unpaired) electrons. The summed E-state index contributed by atoms with van der Waals surface area (Å²) in [4.78, 5) is 25.9. The van der Waals surface area contributed by atoms with Gasteiger partial charge in [-0.05, 0) is 61.8 Å². The highest BCUT2D eigenvalue weighted by atomic mass is 32.1. The molecule has 1 amide bonds. The summed E-state index contributed by atoms with van der Waals surface area (Å²) in [5.74, 6) is 0.561. The molecule has 0 bridgehead atoms. The van der Waals surface area contributed by atoms with Gasteiger partial charge < -0.3 is 21.1 Å². The van der Waals surface area contributed by atoms with Crippen LogP contribution in [0.4, 0.5) is 11.6 Å². The molecule has 38 heavy (non-hydrogen) atoms. The lowest BCUT2D eigenvalue weighted by molar-refractivity contribution is 0.100. The minimum atomic E-state index is -0.523. The Labute approximate surface area is 222 Å². The number of aryl methyl sites for hydroxylation is 1. The topological polar surface area (TPSA) is 133 Å². The molecule has 1 fully saturated rings. The summed E-state index contributed by atoms with van der Waals surface area (Å²) in [6, 6.07) is 9.38. The number of thiazole rings is 1. The molecular weight excluding hydrogens is 500 g/mol. The van der Waals surface area contributed by atoms with Crippen molar-refractivity contribution in [2.24, 2.45) is 12.8 Å². The first-order chi connectivity index (χ1) is 18.5. The first-order valence-corrected chi connectivity index (χ1v) is 13.2. The van der Waals surface area contributed by atoms with Gasteiger partial charge in [0, 0.05) is 58.8 Å². The molecule has 10 nitrogen and oxygen atoms in total. The Morgan fingerprint density at radius 3 is 2.71 bits per heavy atom. The van der Waals surface area contributed by atoms with Gasteiger partial charge in [-0.25, -0.2) is 15.0 Å². The van der Waals surface area contributed by atoms with Crippen molar-refractivity contribution in [3.05, 3.63) is 66.1 Å². The molecule has 4 heterocycles. The van der Waals surface area contributed by atoms with E-state index in [0.29, 0.717) is 28.5 Å². The van der Waals surface area contributed by atoms with Crippen LogP contribution in [0.2, 0.25) is 0 Å². The lowest BCUT2D eigenvalue weighted by atomic mass is 10.0. The molecule has 192 valence electrons. The monoisotopic (exact) mass is 526 g/mol. The number of primary amides is 1. The van der Waals surface area contributed by atoms with Gasteiger partial charge in [-0.3, -0.25) is 9.48 Å². The Hall–Kier alpha value is -4.35. The number of nitrogens with two attached hydrogens (primary N) is 1. The number of rotatable bonds is 7. The molecule has 0 aliphatic carbocycles. The van der Waals surface area contributed by atoms with Crippen molar-refractivity contribution in [2.45, 2.75) is 18.9 Å². The highest BCUT2D eigenvalue weighted by Gasteiger charge is 2.19. The standard InChI is InChI=1S/C27H26N8O2S/c1-35-15-20(14-32-35)16-8-17(25(28)36)11-21(10-16)33-27-31-13-19-9-18(26-30-6-7-38-26)12-23(24(19)34-27)37-22-2-4-29-5-3-22/h6-15,22,29H,2-5H2,1H3,(H2,28,36)(H,31,33,34). The fourth-order valence-corrected chi connectivity index (χ4v) is 5.18. The van der Waals surface area contributed by atoms with Crippen LogP contribution in [0.15, 0.2) is 60.5 Å². The average molecular weight is 527 g/mol. The Morgan fingerprint density at radius 2 is 1.97 bits per heavy atom. The fourth-order valence-electron chi connectivity index (χ4n) is 4.55. The normalized spacial score (nSPS) is 14.0. The highest BCUT2D eigenvalue weighted by Crippen LogP contribution is 2.34. The molecule has 3 aromatic heterocycles. The number of aromatic nitrogens is 5. The largest absolute Gasteiger partial charge is 0.488 e. The summed E-state index contributed by atoms with van der Waals surface area (Å²) in [5.41, 5.74) is 9.98. The number of carbonyl (C=O) groups excluding carboxylic acids is 1. The minimum Gasteiger partial charge on any atom is -0.488 e. The second-order valence-corrected chi connectivity index (χ2v) is 10.1. The molecule has 0 unspecified atom stereocenters. The number of piperidine rings is 1. The van der Waals surface area contributed by atoms with E-state index in [1.54, 1.807) is 46.7 Å². The number of nitrogens with zero attached hydrogens (tertiary/aromatic N) is 5. The number of hydrogen-bond donors (Lipinski definition) is 3. The summed E-state index contributed by atoms with van der Waals surface area (Å²) < 4.78 is 8.19. The van der Waals surface area contributed by atoms with Gasteiger partial charge in [-0.1, -0.05) is 0 Å². The number of ether oxygens (including phenoxy) is 1. The van der Waals surface area contributed by atoms with Crippen LogP contribution in [0.5, 0.6) is 5.75 Å². The lowest BCUT2D eigenvalue weighted by Gasteiger charge is -2.24. The van der Waals surface area contributed by atoms with E-state index >= 15 is 0 Å². The Bertz CT molecular complexity index is 1610. The molecule has 0 atom stereocenters. The maximum atomic E-state index is 12.0. The smallest absolute Gasteiger partial charge is 0.248 e. The second-order valence-electron chi connectivity index (χ2n) is 9.20. The van der Waals surface area contributed by atoms with Crippen molar-refractivity contribution in [1.29, 1.82) is 0 Å². The van der Waals surface area contributed by atoms with E-state index in [1.807, 2.05) is 36.8 Å². The summed E-state index contributed by atoms with van der Waals surface area (Å²) in [6.45, 7) is 1.85. The van der Waals surface area contributed by atoms with Crippen LogP contribution in [0.25, 0.3) is 32.6 Å². The highest BCUT2D eigenvalue weighted by molar-refractivity contribution is 7.13. The van der Waals surface area contributed by atoms with Crippen molar-refractivity contribution < 1.29 is 9.53 Å². The van der Waals surface area contributed by atoms with E-state index in [-0.39, 0.29) is 6.10 Å². The molecule has 5 aromatic rings. The number of fused-ring (bicyclic) bond motifs is 1. The third-order valence-corrected chi connectivity index (χ3v) is 7.24. The van der Waals surface area contributed by atoms with Crippen molar-refractivity contribution in [2.75, 3.05) is 18.4 Å². The first kappa shape index (κ1) is 24.0. The summed E-state index contributed by atoms with van der Waals surface area (Å²) >= 11 is 1.58. The molecule has 11 heteroatoms. The number of carbonyl (C=O) groups is 1. The van der Waals surface area contributed by atoms with Crippen LogP contribution in [-0.2, 0) is 7.05 Å². The Morgan fingerprint density at radius 1 is 1.11 bits per heavy atom. The van der Waals surface area contributed by atoms with Crippen LogP contribution in [-0.4, -0.2) is 49.8 Å². The SMILES string of the molecule is Cn1cc(-c2cc(Nc3ncc4cc(-c5nccs5)cc(OC5CCNCC5)c4n3)cc(C(N)=O)c2)cn1. The van der Waals surface area contributed by atoms with Crippen LogP contribution in [0, 0.1) is 0 Å². The predicted octanol–water partition coefficient (Wildman–Crippen LogP) is 4.13. The summed E-state index contributed by atoms with van der Waals surface area (Å²) in [7, 11) is 1.84. The van der Waals surface area contributed by atoms with Crippen molar-refractivity contribution in [1.82, 2.24) is 30.0 Å². The first-order valence-electron chi connectivity index (χ1n) is 12.3. The van der Waals surface area contributed by atoms with Gasteiger partial charge in [0.1, 0.15) is 22.4 Å². The van der Waals surface area contributed by atoms with E-state index in [9.17, 15) is 4.79 Å². The maximum absolute atomic E-state index is 12.0. The molecule has 6 rings (SSSR count). The van der Waals surface area contributed by atoms with E-state index in [0.717, 1.165) is 53.0 Å². The van der Waals surface area contributed by atoms with Crippen LogP contribution < -0.4 is 21.1 Å². The summed E-state index contributed by atoms with van der Waals surface area (Å²) in [6.07, 6.45) is 9.14. The molecule has 1 saturated heterocycles. The van der Waals surface area contributed by atoms with Gasteiger partial charge in [0.05, 0.1) is 6.20 Å². The van der Waals surface area contributed by atoms with Gasteiger partial charge in [-0.15, -0.1) is 11.3 Å². The molecule has 0 saturated carbocycles. The quantitative estimate of drug-likeness (QED) is 0.288. The fraction of sp³-hybridized carbons (Fsp3) is 0.222. The van der Waals surface area contributed by atoms with E-state index in [4.69, 9.17) is 15.5 Å². The van der Waals surface area contributed by atoms with Crippen LogP contribution in [0.1, 0.15) is 23.2 Å². The third-order valence-electron chi connectivity index (χ3n) is 6.42. The zero-order chi connectivity index (χ0) is 26.1. The van der Waals surface area contributed by atoms with E-state index in [2.05, 4.69) is 25.7 Å². The Kier molecular flexibility index (Phi) is 6.44. The molecule has 0 spiro atoms. The number of benzene rings is 2. The van der Waals surface area contributed by atoms with Gasteiger partial charge in [0.25, 0.3) is 0 Å². The van der Waals surface area contributed by atoms with E-state index in [1.165, 1.54) is 0 Å². The van der Waals surface area contributed by atoms with Gasteiger partial charge in [0.2, 0.25) is 11.9 Å². The number of anilines is 2. The zero-order valence-electron chi connectivity index (χ0n) is 20.7. The van der Waals surface area contributed by atoms with Gasteiger partial charge in [-0.2, -0.15) is 5.10 Å². The predicted molar refractivity (Wildman–Crippen MR) is 148 cm³/mol. The number of amides is 1. The van der Waals surface area contributed by atoms with Crippen molar-refractivity contribution in [3.63, 3.8) is 0 Å². The molecule has 2 aromatic carbocycles. The van der Waals surface area contributed by atoms with E-state index < -0.39 is 5.91 Å². The molecule has 1 aliphatic rings. The van der Waals surface area contributed by atoms with Crippen molar-refractivity contribution in [3.8, 4) is 27.4 Å². The number of hydrogen-bond acceptors (Lipinski definition) is 9. The minimum absolute atomic E-state index is 0.103. The lowest BCUT2D eigenvalue weighted by Crippen LogP contribution is -2.34. The molecule has 4 N–H and O–H groups in total. The van der Waals surface area contributed by atoms with Crippen LogP contribution >= 0.6 is 11.3 Å². The third kappa shape index (κ3) is 5.06. The molecular formula is C27H26N8O2S. The summed E-state index contributed by atoms with van der Waals surface area (Å²) in [5, 5.41) is 14.6. The van der Waals surface area contributed by atoms with Crippen LogP contribution in [0.3, 0.4) is 0 Å². The maximum Gasteiger partial charge on any atom is 0.248 e. The number of nitrogens with one attached hydrogen (secondary N) is 2. The van der Waals surface area contributed by atoms with Gasteiger partial charge in [0.15, 0.2) is 0 Å². The Balaban J connectivity index is 1.39. The van der Waals surface area contributed by atoms with Gasteiger partial charge >= 0.3 is 0 Å². The average Bonchev–Trinajstić information content (AvgIpc) is 3.62. The molecule has 1 aliphatic heterocycles. The second kappa shape index (κ2) is 10.2. The zero-order valence-corrected chi connectivity index (χ0v) is 21.5. The van der Waals surface area contributed by atoms with Crippen molar-refractivity contribution >= 4 is 39.8 Å².